The number of nitrogens with one attached hydrogen (secondary N) is 4. The largest absolute Gasteiger partial charge is 0.497 e. The molecule has 27 heavy (non-hydrogen) atoms. The predicted octanol–water partition coefficient (Wildman–Crippen LogP) is 1.60. The summed E-state index contributed by atoms with van der Waals surface area (Å²) in [7, 11) is 1.53. The van der Waals surface area contributed by atoms with Crippen molar-refractivity contribution < 1.29 is 19.1 Å². The molecule has 4 N–H and O–H groups in total. The van der Waals surface area contributed by atoms with Crippen molar-refractivity contribution in [2.75, 3.05) is 12.4 Å². The van der Waals surface area contributed by atoms with E-state index in [0.717, 1.165) is 0 Å². The monoisotopic (exact) mass is 386 g/mol. The van der Waals surface area contributed by atoms with E-state index in [1.807, 2.05) is 0 Å². The van der Waals surface area contributed by atoms with Crippen LogP contribution in [-0.2, 0) is 4.79 Å². The van der Waals surface area contributed by atoms with Crippen molar-refractivity contribution in [3.63, 3.8) is 0 Å². The van der Waals surface area contributed by atoms with E-state index in [0.29, 0.717) is 22.6 Å². The van der Waals surface area contributed by atoms with Gasteiger partial charge in [0, 0.05) is 23.7 Å². The number of thiocarbonyl (C=S) groups is 1. The number of carbonyl (C=O) groups excluding carboxylic acids is 3. The van der Waals surface area contributed by atoms with E-state index in [-0.39, 0.29) is 11.0 Å². The highest BCUT2D eigenvalue weighted by Gasteiger charge is 2.10. The standard InChI is InChI=1S/C18H18N4O4S/c1-11(23)19-14-7-3-13(4-8-14)17(25)21-22-18(27)20-16(24)12-5-9-15(26-2)10-6-12/h3-10H,1-2H3,(H,19,23)(H,21,25)(H2,20,22,24,27). The number of carbonyl (C=O) groups is 3. The quantitative estimate of drug-likeness (QED) is 0.470. The van der Waals surface area contributed by atoms with Crippen LogP contribution in [0.3, 0.4) is 0 Å². The first-order valence-corrected chi connectivity index (χ1v) is 8.23. The lowest BCUT2D eigenvalue weighted by Crippen LogP contribution is -2.48. The molecule has 3 amide bonds. The molecule has 2 aromatic carbocycles. The summed E-state index contributed by atoms with van der Waals surface area (Å²) in [6, 6.07) is 12.8. The predicted molar refractivity (Wildman–Crippen MR) is 104 cm³/mol. The van der Waals surface area contributed by atoms with Crippen molar-refractivity contribution >= 4 is 40.7 Å². The molecular weight excluding hydrogens is 368 g/mol. The Morgan fingerprint density at radius 3 is 1.96 bits per heavy atom. The summed E-state index contributed by atoms with van der Waals surface area (Å²) < 4.78 is 5.03. The number of methoxy groups -OCH3 is 1. The maximum atomic E-state index is 12.1. The minimum atomic E-state index is -0.453. The van der Waals surface area contributed by atoms with Crippen LogP contribution in [0.15, 0.2) is 48.5 Å². The Labute approximate surface area is 161 Å². The molecular formula is C18H18N4O4S. The van der Waals surface area contributed by atoms with Crippen molar-refractivity contribution in [1.82, 2.24) is 16.2 Å². The molecule has 8 nitrogen and oxygen atoms in total. The number of rotatable bonds is 4. The Bertz CT molecular complexity index is 851. The van der Waals surface area contributed by atoms with E-state index < -0.39 is 11.8 Å². The molecule has 0 spiro atoms. The van der Waals surface area contributed by atoms with Crippen LogP contribution in [0.4, 0.5) is 5.69 Å². The van der Waals surface area contributed by atoms with Gasteiger partial charge in [-0.25, -0.2) is 0 Å². The zero-order valence-corrected chi connectivity index (χ0v) is 15.5. The molecule has 0 atom stereocenters. The molecule has 0 unspecified atom stereocenters. The summed E-state index contributed by atoms with van der Waals surface area (Å²) in [5.41, 5.74) is 6.15. The van der Waals surface area contributed by atoms with E-state index in [2.05, 4.69) is 21.5 Å². The van der Waals surface area contributed by atoms with Crippen LogP contribution in [0.5, 0.6) is 5.75 Å². The summed E-state index contributed by atoms with van der Waals surface area (Å²) in [4.78, 5) is 35.1. The van der Waals surface area contributed by atoms with Crippen molar-refractivity contribution in [2.45, 2.75) is 6.92 Å². The number of hydrogen-bond acceptors (Lipinski definition) is 5. The van der Waals surface area contributed by atoms with Crippen LogP contribution in [-0.4, -0.2) is 29.9 Å². The molecule has 0 bridgehead atoms. The Morgan fingerprint density at radius 2 is 1.41 bits per heavy atom. The van der Waals surface area contributed by atoms with E-state index in [9.17, 15) is 14.4 Å². The van der Waals surface area contributed by atoms with Gasteiger partial charge in [0.2, 0.25) is 5.91 Å². The fourth-order valence-corrected chi connectivity index (χ4v) is 2.19. The van der Waals surface area contributed by atoms with Crippen molar-refractivity contribution in [2.24, 2.45) is 0 Å². The highest BCUT2D eigenvalue weighted by molar-refractivity contribution is 7.80. The molecule has 0 radical (unpaired) electrons. The minimum Gasteiger partial charge on any atom is -0.497 e. The van der Waals surface area contributed by atoms with Gasteiger partial charge >= 0.3 is 0 Å². The molecule has 9 heteroatoms. The summed E-state index contributed by atoms with van der Waals surface area (Å²) in [5, 5.41) is 5.00. The number of amides is 3. The van der Waals surface area contributed by atoms with Crippen LogP contribution in [0.25, 0.3) is 0 Å². The van der Waals surface area contributed by atoms with Crippen molar-refractivity contribution in [3.05, 3.63) is 59.7 Å². The van der Waals surface area contributed by atoms with E-state index in [4.69, 9.17) is 17.0 Å². The van der Waals surface area contributed by atoms with E-state index >= 15 is 0 Å². The van der Waals surface area contributed by atoms with Crippen LogP contribution < -0.4 is 26.2 Å². The number of ether oxygens (including phenoxy) is 1. The van der Waals surface area contributed by atoms with Crippen LogP contribution >= 0.6 is 12.2 Å². The molecule has 0 heterocycles. The van der Waals surface area contributed by atoms with Gasteiger partial charge in [0.25, 0.3) is 11.8 Å². The van der Waals surface area contributed by atoms with Crippen LogP contribution in [0.1, 0.15) is 27.6 Å². The van der Waals surface area contributed by atoms with Gasteiger partial charge in [-0.05, 0) is 60.7 Å². The topological polar surface area (TPSA) is 109 Å². The lowest BCUT2D eigenvalue weighted by Gasteiger charge is -2.11. The summed E-state index contributed by atoms with van der Waals surface area (Å²) >= 11 is 4.99. The SMILES string of the molecule is COc1ccc(C(=O)NC(=S)NNC(=O)c2ccc(NC(C)=O)cc2)cc1. The Morgan fingerprint density at radius 1 is 0.852 bits per heavy atom. The van der Waals surface area contributed by atoms with Crippen LogP contribution in [0, 0.1) is 0 Å². The molecule has 0 aliphatic rings. The summed E-state index contributed by atoms with van der Waals surface area (Å²) in [6.07, 6.45) is 0. The minimum absolute atomic E-state index is 0.0564. The Kier molecular flexibility index (Phi) is 6.84. The van der Waals surface area contributed by atoms with Crippen molar-refractivity contribution in [1.29, 1.82) is 0 Å². The van der Waals surface area contributed by atoms with Crippen molar-refractivity contribution in [3.8, 4) is 5.75 Å². The van der Waals surface area contributed by atoms with Gasteiger partial charge in [-0.15, -0.1) is 0 Å². The fourth-order valence-electron chi connectivity index (χ4n) is 2.04. The molecule has 0 aliphatic heterocycles. The Balaban J connectivity index is 1.84. The third-order valence-electron chi connectivity index (χ3n) is 3.34. The second kappa shape index (κ2) is 9.30. The third-order valence-corrected chi connectivity index (χ3v) is 3.54. The average molecular weight is 386 g/mol. The smallest absolute Gasteiger partial charge is 0.269 e. The first-order chi connectivity index (χ1) is 12.9. The molecule has 0 aromatic heterocycles. The average Bonchev–Trinajstić information content (AvgIpc) is 2.66. The number of benzene rings is 2. The second-order valence-electron chi connectivity index (χ2n) is 5.35. The molecule has 2 rings (SSSR count). The summed E-state index contributed by atoms with van der Waals surface area (Å²) in [6.45, 7) is 1.39. The normalized spacial score (nSPS) is 9.70. The van der Waals surface area contributed by atoms with Gasteiger partial charge in [-0.2, -0.15) is 0 Å². The van der Waals surface area contributed by atoms with Gasteiger partial charge in [0.15, 0.2) is 5.11 Å². The van der Waals surface area contributed by atoms with Gasteiger partial charge in [-0.3, -0.25) is 30.6 Å². The lowest BCUT2D eigenvalue weighted by molar-refractivity contribution is -0.114. The number of hydrazine groups is 1. The van der Waals surface area contributed by atoms with Gasteiger partial charge < -0.3 is 10.1 Å². The summed E-state index contributed by atoms with van der Waals surface area (Å²) in [5.74, 6) is -0.453. The molecule has 0 saturated heterocycles. The maximum Gasteiger partial charge on any atom is 0.269 e. The molecule has 2 aromatic rings. The fraction of sp³-hybridized carbons (Fsp3) is 0.111. The highest BCUT2D eigenvalue weighted by atomic mass is 32.1. The van der Waals surface area contributed by atoms with Crippen LogP contribution in [0.2, 0.25) is 0 Å². The molecule has 0 saturated carbocycles. The lowest BCUT2D eigenvalue weighted by atomic mass is 10.2. The molecule has 0 fully saturated rings. The van der Waals surface area contributed by atoms with Gasteiger partial charge in [0.05, 0.1) is 7.11 Å². The van der Waals surface area contributed by atoms with E-state index in [1.165, 1.54) is 14.0 Å². The second-order valence-corrected chi connectivity index (χ2v) is 5.76. The van der Waals surface area contributed by atoms with E-state index in [1.54, 1.807) is 48.5 Å². The molecule has 0 aliphatic carbocycles. The molecule has 140 valence electrons. The maximum absolute atomic E-state index is 12.1. The first-order valence-electron chi connectivity index (χ1n) is 7.82. The highest BCUT2D eigenvalue weighted by Crippen LogP contribution is 2.11. The zero-order chi connectivity index (χ0) is 19.8. The Hall–Kier alpha value is -3.46. The number of hydrogen-bond donors (Lipinski definition) is 4. The number of anilines is 1. The van der Waals surface area contributed by atoms with Gasteiger partial charge in [0.1, 0.15) is 5.75 Å². The third kappa shape index (κ3) is 6.08. The zero-order valence-electron chi connectivity index (χ0n) is 14.7. The van der Waals surface area contributed by atoms with Gasteiger partial charge in [-0.1, -0.05) is 0 Å². The first kappa shape index (κ1) is 19.9.